The molecule has 0 aliphatic heterocycles. The van der Waals surface area contributed by atoms with Crippen molar-refractivity contribution in [2.75, 3.05) is 11.9 Å². The van der Waals surface area contributed by atoms with Crippen LogP contribution in [0.25, 0.3) is 0 Å². The van der Waals surface area contributed by atoms with Crippen molar-refractivity contribution in [1.29, 1.82) is 0 Å². The molecule has 0 aliphatic rings. The first kappa shape index (κ1) is 16.2. The van der Waals surface area contributed by atoms with Gasteiger partial charge < -0.3 is 10.6 Å². The average Bonchev–Trinajstić information content (AvgIpc) is 2.46. The molecule has 2 aromatic carbocycles. The monoisotopic (exact) mass is 322 g/mol. The summed E-state index contributed by atoms with van der Waals surface area (Å²) in [6, 6.07) is 13.9. The summed E-state index contributed by atoms with van der Waals surface area (Å²) in [7, 11) is 2.01. The van der Waals surface area contributed by atoms with Gasteiger partial charge in [0.25, 0.3) is 0 Å². The van der Waals surface area contributed by atoms with Crippen LogP contribution in [0.4, 0.5) is 5.69 Å². The molecule has 0 heterocycles. The smallest absolute Gasteiger partial charge is 0.0642 e. The number of rotatable bonds is 4. The first-order chi connectivity index (χ1) is 9.91. The van der Waals surface area contributed by atoms with E-state index in [2.05, 4.69) is 11.8 Å². The highest BCUT2D eigenvalue weighted by Crippen LogP contribution is 2.34. The molecule has 0 aromatic heterocycles. The van der Waals surface area contributed by atoms with Gasteiger partial charge in [0.1, 0.15) is 0 Å². The number of nitrogens with two attached hydrogens (primary N) is 1. The van der Waals surface area contributed by atoms with Gasteiger partial charge in [-0.05, 0) is 43.2 Å². The summed E-state index contributed by atoms with van der Waals surface area (Å²) in [4.78, 5) is 2.12. The maximum atomic E-state index is 6.41. The number of nitrogens with zero attached hydrogens (tertiary/aromatic N) is 1. The van der Waals surface area contributed by atoms with Crippen LogP contribution in [0.2, 0.25) is 10.0 Å². The number of hydrogen-bond donors (Lipinski definition) is 1. The Labute approximate surface area is 136 Å². The molecule has 2 atom stereocenters. The van der Waals surface area contributed by atoms with Crippen molar-refractivity contribution in [2.24, 2.45) is 5.73 Å². The molecule has 0 bridgehead atoms. The minimum Gasteiger partial charge on any atom is -0.367 e. The van der Waals surface area contributed by atoms with Gasteiger partial charge in [0.15, 0.2) is 0 Å². The van der Waals surface area contributed by atoms with Crippen LogP contribution in [0.1, 0.15) is 37.1 Å². The fourth-order valence-corrected chi connectivity index (χ4v) is 2.94. The van der Waals surface area contributed by atoms with Crippen molar-refractivity contribution in [1.82, 2.24) is 0 Å². The third-order valence-electron chi connectivity index (χ3n) is 3.81. The van der Waals surface area contributed by atoms with Crippen molar-refractivity contribution in [3.63, 3.8) is 0 Å². The third kappa shape index (κ3) is 3.52. The lowest BCUT2D eigenvalue weighted by Crippen LogP contribution is -2.22. The van der Waals surface area contributed by atoms with E-state index < -0.39 is 0 Å². The standard InChI is InChI=1S/C17H20Cl2N2/c1-11(20)13-8-9-17(16(19)10-13)21(3)12(2)14-6-4-5-7-15(14)18/h4-12H,20H2,1-3H3/t11-,12?/m0/s1. The molecule has 0 fully saturated rings. The lowest BCUT2D eigenvalue weighted by atomic mass is 10.0. The molecule has 2 N–H and O–H groups in total. The first-order valence-electron chi connectivity index (χ1n) is 6.94. The molecule has 0 saturated heterocycles. The van der Waals surface area contributed by atoms with E-state index in [-0.39, 0.29) is 12.1 Å². The Balaban J connectivity index is 2.32. The van der Waals surface area contributed by atoms with E-state index in [9.17, 15) is 0 Å². The number of benzene rings is 2. The van der Waals surface area contributed by atoms with Crippen molar-refractivity contribution < 1.29 is 0 Å². The van der Waals surface area contributed by atoms with E-state index in [1.165, 1.54) is 0 Å². The van der Waals surface area contributed by atoms with Crippen molar-refractivity contribution in [2.45, 2.75) is 25.9 Å². The molecule has 0 amide bonds. The maximum absolute atomic E-state index is 6.41. The van der Waals surface area contributed by atoms with Crippen molar-refractivity contribution in [3.8, 4) is 0 Å². The highest BCUT2D eigenvalue weighted by molar-refractivity contribution is 6.33. The molecule has 21 heavy (non-hydrogen) atoms. The van der Waals surface area contributed by atoms with E-state index in [0.29, 0.717) is 5.02 Å². The van der Waals surface area contributed by atoms with Crippen LogP contribution >= 0.6 is 23.2 Å². The summed E-state index contributed by atoms with van der Waals surface area (Å²) >= 11 is 12.7. The summed E-state index contributed by atoms with van der Waals surface area (Å²) in [5.74, 6) is 0. The zero-order chi connectivity index (χ0) is 15.6. The van der Waals surface area contributed by atoms with Crippen LogP contribution in [0.15, 0.2) is 42.5 Å². The van der Waals surface area contributed by atoms with Gasteiger partial charge in [0.2, 0.25) is 0 Å². The highest BCUT2D eigenvalue weighted by Gasteiger charge is 2.17. The Kier molecular flexibility index (Phi) is 5.15. The molecule has 2 aromatic rings. The lowest BCUT2D eigenvalue weighted by molar-refractivity contribution is 0.739. The zero-order valence-corrected chi connectivity index (χ0v) is 14.0. The second-order valence-corrected chi connectivity index (χ2v) is 6.12. The second-order valence-electron chi connectivity index (χ2n) is 5.31. The number of hydrogen-bond acceptors (Lipinski definition) is 2. The summed E-state index contributed by atoms with van der Waals surface area (Å²) in [5.41, 5.74) is 8.96. The molecule has 2 rings (SSSR count). The van der Waals surface area contributed by atoms with Crippen LogP contribution in [0.3, 0.4) is 0 Å². The van der Waals surface area contributed by atoms with Gasteiger partial charge in [-0.25, -0.2) is 0 Å². The average molecular weight is 323 g/mol. The molecular formula is C17H20Cl2N2. The Bertz CT molecular complexity index is 626. The van der Waals surface area contributed by atoms with Crippen molar-refractivity contribution in [3.05, 3.63) is 63.6 Å². The Morgan fingerprint density at radius 2 is 1.67 bits per heavy atom. The normalized spacial score (nSPS) is 13.8. The highest BCUT2D eigenvalue weighted by atomic mass is 35.5. The molecule has 112 valence electrons. The van der Waals surface area contributed by atoms with Crippen LogP contribution in [0, 0.1) is 0 Å². The molecule has 0 saturated carbocycles. The second kappa shape index (κ2) is 6.69. The fraction of sp³-hybridized carbons (Fsp3) is 0.294. The largest absolute Gasteiger partial charge is 0.367 e. The Morgan fingerprint density at radius 1 is 1.00 bits per heavy atom. The van der Waals surface area contributed by atoms with Gasteiger partial charge in [0.05, 0.1) is 16.8 Å². The van der Waals surface area contributed by atoms with Gasteiger partial charge in [-0.1, -0.05) is 47.5 Å². The number of halogens is 2. The van der Waals surface area contributed by atoms with Crippen LogP contribution < -0.4 is 10.6 Å². The van der Waals surface area contributed by atoms with Gasteiger partial charge in [-0.2, -0.15) is 0 Å². The van der Waals surface area contributed by atoms with Crippen LogP contribution in [-0.4, -0.2) is 7.05 Å². The predicted octanol–water partition coefficient (Wildman–Crippen LogP) is 5.21. The van der Waals surface area contributed by atoms with Gasteiger partial charge in [-0.15, -0.1) is 0 Å². The quantitative estimate of drug-likeness (QED) is 0.837. The third-order valence-corrected chi connectivity index (χ3v) is 4.46. The van der Waals surface area contributed by atoms with E-state index in [0.717, 1.165) is 21.8 Å². The molecule has 4 heteroatoms. The maximum Gasteiger partial charge on any atom is 0.0642 e. The SMILES string of the molecule is CC(c1ccccc1Cl)N(C)c1ccc([C@H](C)N)cc1Cl. The summed E-state index contributed by atoms with van der Waals surface area (Å²) in [5, 5.41) is 1.46. The zero-order valence-electron chi connectivity index (χ0n) is 12.5. The molecule has 0 radical (unpaired) electrons. The van der Waals surface area contributed by atoms with E-state index in [1.807, 2.05) is 56.4 Å². The van der Waals surface area contributed by atoms with Gasteiger partial charge in [0, 0.05) is 18.1 Å². The van der Waals surface area contributed by atoms with Crippen LogP contribution in [0.5, 0.6) is 0 Å². The van der Waals surface area contributed by atoms with Crippen molar-refractivity contribution >= 4 is 28.9 Å². The minimum atomic E-state index is -0.0251. The molecule has 0 spiro atoms. The Morgan fingerprint density at radius 3 is 2.24 bits per heavy atom. The lowest BCUT2D eigenvalue weighted by Gasteiger charge is -2.29. The molecule has 2 nitrogen and oxygen atoms in total. The molecular weight excluding hydrogens is 303 g/mol. The first-order valence-corrected chi connectivity index (χ1v) is 7.69. The minimum absolute atomic E-state index is 0.0251. The molecule has 0 aliphatic carbocycles. The molecule has 1 unspecified atom stereocenters. The predicted molar refractivity (Wildman–Crippen MR) is 92.3 cm³/mol. The van der Waals surface area contributed by atoms with E-state index in [4.69, 9.17) is 28.9 Å². The summed E-state index contributed by atoms with van der Waals surface area (Å²) in [6.07, 6.45) is 0. The number of anilines is 1. The van der Waals surface area contributed by atoms with Gasteiger partial charge >= 0.3 is 0 Å². The van der Waals surface area contributed by atoms with E-state index in [1.54, 1.807) is 0 Å². The van der Waals surface area contributed by atoms with Crippen LogP contribution in [-0.2, 0) is 0 Å². The Hall–Kier alpha value is -1.22. The topological polar surface area (TPSA) is 29.3 Å². The summed E-state index contributed by atoms with van der Waals surface area (Å²) < 4.78 is 0. The van der Waals surface area contributed by atoms with E-state index >= 15 is 0 Å². The van der Waals surface area contributed by atoms with Gasteiger partial charge in [-0.3, -0.25) is 0 Å². The summed E-state index contributed by atoms with van der Waals surface area (Å²) in [6.45, 7) is 4.05. The fourth-order valence-electron chi connectivity index (χ4n) is 2.32.